The molecule has 2 aliphatic rings. The molecule has 0 fully saturated rings. The van der Waals surface area contributed by atoms with Crippen LogP contribution in [-0.4, -0.2) is 31.0 Å². The molecule has 0 N–H and O–H groups in total. The van der Waals surface area contributed by atoms with Crippen LogP contribution in [0, 0.1) is 6.92 Å². The summed E-state index contributed by atoms with van der Waals surface area (Å²) in [5.74, 6) is 1.46. The van der Waals surface area contributed by atoms with Gasteiger partial charge in [0.15, 0.2) is 16.3 Å². The summed E-state index contributed by atoms with van der Waals surface area (Å²) in [5.41, 5.74) is 3.13. The molecule has 2 aliphatic heterocycles. The molecule has 3 heterocycles. The third-order valence-electron chi connectivity index (χ3n) is 5.97. The summed E-state index contributed by atoms with van der Waals surface area (Å²) < 4.78 is 23.8. The summed E-state index contributed by atoms with van der Waals surface area (Å²) in [6.07, 6.45) is 1.83. The molecule has 9 heteroatoms. The Kier molecular flexibility index (Phi) is 5.94. The first-order valence-corrected chi connectivity index (χ1v) is 12.0. The number of esters is 1. The van der Waals surface area contributed by atoms with Crippen molar-refractivity contribution in [2.24, 2.45) is 4.99 Å². The van der Waals surface area contributed by atoms with Gasteiger partial charge in [0.25, 0.3) is 5.56 Å². The van der Waals surface area contributed by atoms with Crippen molar-refractivity contribution in [1.29, 1.82) is 0 Å². The SMILES string of the molecule is CCOC(=O)C1=C(C)N=c2s/c(=C\c3cc4c(cc3C)OCO4)c(=O)n2[C@@H]1c1cccc(OC)c1. The third-order valence-corrected chi connectivity index (χ3v) is 6.96. The maximum absolute atomic E-state index is 13.8. The summed E-state index contributed by atoms with van der Waals surface area (Å²) in [6, 6.07) is 10.4. The van der Waals surface area contributed by atoms with Gasteiger partial charge in [-0.05, 0) is 67.8 Å². The fourth-order valence-corrected chi connectivity index (χ4v) is 5.31. The zero-order valence-corrected chi connectivity index (χ0v) is 20.6. The molecule has 8 nitrogen and oxygen atoms in total. The van der Waals surface area contributed by atoms with E-state index >= 15 is 0 Å². The van der Waals surface area contributed by atoms with E-state index in [1.165, 1.54) is 11.3 Å². The molecule has 35 heavy (non-hydrogen) atoms. The number of carbonyl (C=O) groups excluding carboxylic acids is 1. The van der Waals surface area contributed by atoms with Gasteiger partial charge in [0.2, 0.25) is 6.79 Å². The van der Waals surface area contributed by atoms with Crippen molar-refractivity contribution >= 4 is 23.4 Å². The van der Waals surface area contributed by atoms with Crippen molar-refractivity contribution < 1.29 is 23.7 Å². The third kappa shape index (κ3) is 4.01. The minimum atomic E-state index is -0.694. The number of ether oxygens (including phenoxy) is 4. The van der Waals surface area contributed by atoms with Gasteiger partial charge in [-0.15, -0.1) is 0 Å². The summed E-state index contributed by atoms with van der Waals surface area (Å²) in [6.45, 7) is 5.85. The number of nitrogens with zero attached hydrogens (tertiary/aromatic N) is 2. The van der Waals surface area contributed by atoms with E-state index < -0.39 is 12.0 Å². The van der Waals surface area contributed by atoms with Crippen molar-refractivity contribution in [2.45, 2.75) is 26.8 Å². The maximum Gasteiger partial charge on any atom is 0.338 e. The number of methoxy groups -OCH3 is 1. The van der Waals surface area contributed by atoms with E-state index in [2.05, 4.69) is 4.99 Å². The number of hydrogen-bond donors (Lipinski definition) is 0. The minimum absolute atomic E-state index is 0.177. The quantitative estimate of drug-likeness (QED) is 0.509. The molecule has 0 radical (unpaired) electrons. The topological polar surface area (TPSA) is 88.4 Å². The van der Waals surface area contributed by atoms with Crippen LogP contribution in [0.2, 0.25) is 0 Å². The lowest BCUT2D eigenvalue weighted by Crippen LogP contribution is -2.39. The van der Waals surface area contributed by atoms with Crippen LogP contribution < -0.4 is 29.1 Å². The molecular weight excluding hydrogens is 468 g/mol. The van der Waals surface area contributed by atoms with Crippen LogP contribution in [0.1, 0.15) is 36.6 Å². The second kappa shape index (κ2) is 9.07. The van der Waals surface area contributed by atoms with Crippen LogP contribution in [0.3, 0.4) is 0 Å². The fraction of sp³-hybridized carbons (Fsp3) is 0.269. The van der Waals surface area contributed by atoms with Crippen LogP contribution in [0.4, 0.5) is 0 Å². The lowest BCUT2D eigenvalue weighted by Gasteiger charge is -2.25. The lowest BCUT2D eigenvalue weighted by molar-refractivity contribution is -0.139. The molecule has 3 aromatic rings. The minimum Gasteiger partial charge on any atom is -0.497 e. The van der Waals surface area contributed by atoms with Crippen molar-refractivity contribution in [3.63, 3.8) is 0 Å². The van der Waals surface area contributed by atoms with Gasteiger partial charge in [-0.1, -0.05) is 23.5 Å². The van der Waals surface area contributed by atoms with Crippen molar-refractivity contribution in [3.8, 4) is 17.2 Å². The molecule has 0 saturated carbocycles. The fourth-order valence-electron chi connectivity index (χ4n) is 4.27. The van der Waals surface area contributed by atoms with Gasteiger partial charge in [0.05, 0.1) is 35.6 Å². The van der Waals surface area contributed by atoms with Gasteiger partial charge in [0, 0.05) is 0 Å². The smallest absolute Gasteiger partial charge is 0.338 e. The average molecular weight is 493 g/mol. The zero-order chi connectivity index (χ0) is 24.7. The molecular formula is C26H24N2O6S. The van der Waals surface area contributed by atoms with Crippen LogP contribution >= 0.6 is 11.3 Å². The van der Waals surface area contributed by atoms with Gasteiger partial charge in [0.1, 0.15) is 5.75 Å². The number of hydrogen-bond acceptors (Lipinski definition) is 8. The number of rotatable bonds is 5. The molecule has 0 aliphatic carbocycles. The monoisotopic (exact) mass is 492 g/mol. The van der Waals surface area contributed by atoms with Crippen molar-refractivity contribution in [1.82, 2.24) is 4.57 Å². The van der Waals surface area contributed by atoms with Crippen LogP contribution in [0.25, 0.3) is 6.08 Å². The van der Waals surface area contributed by atoms with Crippen molar-refractivity contribution in [3.05, 3.63) is 84.0 Å². The highest BCUT2D eigenvalue weighted by atomic mass is 32.1. The molecule has 0 saturated heterocycles. The first-order chi connectivity index (χ1) is 16.9. The number of aryl methyl sites for hydroxylation is 1. The Hall–Kier alpha value is -3.85. The summed E-state index contributed by atoms with van der Waals surface area (Å²) in [5, 5.41) is 0. The Bertz CT molecular complexity index is 1550. The first kappa shape index (κ1) is 22.9. The molecule has 0 spiro atoms. The Morgan fingerprint density at radius 2 is 2.00 bits per heavy atom. The summed E-state index contributed by atoms with van der Waals surface area (Å²) >= 11 is 1.28. The molecule has 0 amide bonds. The summed E-state index contributed by atoms with van der Waals surface area (Å²) in [7, 11) is 1.58. The molecule has 1 aromatic heterocycles. The molecule has 180 valence electrons. The number of thiazole rings is 1. The number of fused-ring (bicyclic) bond motifs is 2. The molecule has 5 rings (SSSR count). The van der Waals surface area contributed by atoms with E-state index in [4.69, 9.17) is 18.9 Å². The normalized spacial score (nSPS) is 16.7. The second-order valence-electron chi connectivity index (χ2n) is 8.14. The Balaban J connectivity index is 1.72. The van der Waals surface area contributed by atoms with Crippen LogP contribution in [-0.2, 0) is 9.53 Å². The lowest BCUT2D eigenvalue weighted by atomic mass is 9.95. The highest BCUT2D eigenvalue weighted by molar-refractivity contribution is 7.07. The number of carbonyl (C=O) groups is 1. The molecule has 0 unspecified atom stereocenters. The van der Waals surface area contributed by atoms with E-state index in [1.807, 2.05) is 49.4 Å². The van der Waals surface area contributed by atoms with Gasteiger partial charge in [-0.25, -0.2) is 9.79 Å². The Morgan fingerprint density at radius 3 is 2.74 bits per heavy atom. The van der Waals surface area contributed by atoms with E-state index in [0.717, 1.165) is 16.7 Å². The highest BCUT2D eigenvalue weighted by Crippen LogP contribution is 2.35. The van der Waals surface area contributed by atoms with Gasteiger partial charge in [-0.3, -0.25) is 9.36 Å². The van der Waals surface area contributed by atoms with E-state index in [0.29, 0.717) is 37.9 Å². The van der Waals surface area contributed by atoms with Crippen LogP contribution in [0.15, 0.2) is 57.5 Å². The Labute approximate surface area is 205 Å². The van der Waals surface area contributed by atoms with Crippen LogP contribution in [0.5, 0.6) is 17.2 Å². The van der Waals surface area contributed by atoms with Crippen molar-refractivity contribution in [2.75, 3.05) is 20.5 Å². The number of benzene rings is 2. The highest BCUT2D eigenvalue weighted by Gasteiger charge is 2.33. The van der Waals surface area contributed by atoms with Gasteiger partial charge >= 0.3 is 5.97 Å². The molecule has 0 bridgehead atoms. The van der Waals surface area contributed by atoms with Gasteiger partial charge in [-0.2, -0.15) is 0 Å². The maximum atomic E-state index is 13.8. The molecule has 2 aromatic carbocycles. The predicted octanol–water partition coefficient (Wildman–Crippen LogP) is 2.84. The summed E-state index contributed by atoms with van der Waals surface area (Å²) in [4.78, 5) is 31.9. The average Bonchev–Trinajstić information content (AvgIpc) is 3.42. The van der Waals surface area contributed by atoms with E-state index in [-0.39, 0.29) is 19.0 Å². The van der Waals surface area contributed by atoms with E-state index in [1.54, 1.807) is 25.5 Å². The largest absolute Gasteiger partial charge is 0.497 e. The number of aromatic nitrogens is 1. The number of allylic oxidation sites excluding steroid dienone is 1. The first-order valence-electron chi connectivity index (χ1n) is 11.1. The Morgan fingerprint density at radius 1 is 1.23 bits per heavy atom. The van der Waals surface area contributed by atoms with Gasteiger partial charge < -0.3 is 18.9 Å². The standard InChI is InChI=1S/C26H24N2O6S/c1-5-32-25(30)22-15(3)27-26-28(23(22)16-7-6-8-18(10-16)31-4)24(29)21(35-26)12-17-11-20-19(9-14(17)2)33-13-34-20/h6-12,23H,5,13H2,1-4H3/b21-12-/t23-/m1/s1. The second-order valence-corrected chi connectivity index (χ2v) is 9.15. The zero-order valence-electron chi connectivity index (χ0n) is 19.8. The molecule has 1 atom stereocenters. The predicted molar refractivity (Wildman–Crippen MR) is 131 cm³/mol. The van der Waals surface area contributed by atoms with E-state index in [9.17, 15) is 9.59 Å².